The lowest BCUT2D eigenvalue weighted by Crippen LogP contribution is -2.34. The van der Waals surface area contributed by atoms with Crippen molar-refractivity contribution >= 4 is 56.8 Å². The van der Waals surface area contributed by atoms with Crippen LogP contribution in [0.1, 0.15) is 64.5 Å². The zero-order valence-electron chi connectivity index (χ0n) is 31.6. The van der Waals surface area contributed by atoms with Crippen molar-refractivity contribution in [1.29, 1.82) is 0 Å². The van der Waals surface area contributed by atoms with Crippen molar-refractivity contribution in [3.63, 3.8) is 0 Å². The highest BCUT2D eigenvalue weighted by Crippen LogP contribution is 2.44. The molecule has 56 heavy (non-hydrogen) atoms. The van der Waals surface area contributed by atoms with Gasteiger partial charge in [-0.15, -0.1) is 0 Å². The van der Waals surface area contributed by atoms with E-state index >= 15 is 0 Å². The van der Waals surface area contributed by atoms with Crippen molar-refractivity contribution in [1.82, 2.24) is 10.6 Å². The van der Waals surface area contributed by atoms with Crippen LogP contribution in [0.3, 0.4) is 0 Å². The van der Waals surface area contributed by atoms with Crippen LogP contribution in [0.4, 0.5) is 11.4 Å². The monoisotopic (exact) mass is 810 g/mol. The molecule has 0 spiro atoms. The van der Waals surface area contributed by atoms with E-state index in [-0.39, 0.29) is 71.6 Å². The van der Waals surface area contributed by atoms with E-state index in [9.17, 15) is 39.4 Å². The van der Waals surface area contributed by atoms with Crippen LogP contribution in [0, 0.1) is 20.2 Å². The lowest BCUT2D eigenvalue weighted by Gasteiger charge is -2.32. The number of ether oxygens (including phenoxy) is 4. The molecule has 298 valence electrons. The van der Waals surface area contributed by atoms with Gasteiger partial charge in [-0.3, -0.25) is 20.2 Å². The zero-order chi connectivity index (χ0) is 41.1. The molecule has 0 bridgehead atoms. The van der Waals surface area contributed by atoms with E-state index in [0.29, 0.717) is 33.9 Å². The molecule has 0 saturated carbocycles. The number of dihydropyridines is 2. The minimum Gasteiger partial charge on any atom is -0.463 e. The van der Waals surface area contributed by atoms with Gasteiger partial charge in [0, 0.05) is 58.6 Å². The first-order chi connectivity index (χ1) is 26.8. The molecule has 0 radical (unpaired) electrons. The third-order valence-corrected chi connectivity index (χ3v) is 10.8. The third-order valence-electron chi connectivity index (χ3n) is 8.59. The largest absolute Gasteiger partial charge is 0.463 e. The molecule has 0 aliphatic carbocycles. The molecule has 2 aliphatic heterocycles. The van der Waals surface area contributed by atoms with E-state index < -0.39 is 45.6 Å². The predicted octanol–water partition coefficient (Wildman–Crippen LogP) is 6.27. The first kappa shape index (κ1) is 43.1. The molecule has 2 atom stereocenters. The molecule has 2 aromatic carbocycles. The smallest absolute Gasteiger partial charge is 0.336 e. The molecule has 2 N–H and O–H groups in total. The summed E-state index contributed by atoms with van der Waals surface area (Å²) in [7, 11) is 2.57. The van der Waals surface area contributed by atoms with Gasteiger partial charge in [0.05, 0.1) is 70.4 Å². The van der Waals surface area contributed by atoms with Crippen LogP contribution in [0.15, 0.2) is 93.6 Å². The standard InChI is InChI=1S/C38H42N4O12S2/c1-7-51-35(43)29-21(5)39-27(33(37(45)53-9-3)31(29)23-13-11-15-25(17-23)41(47)48)19-55-56-20-28-34(38(46)54-10-4)32(24-14-12-16-26(18-24)42(49)50)30(22(6)40-28)36(44)52-8-2/h11-18,31-32,39-40H,7-10,19-20H2,1-6H3. The van der Waals surface area contributed by atoms with E-state index in [1.165, 1.54) is 58.0 Å². The quantitative estimate of drug-likeness (QED) is 0.0450. The van der Waals surface area contributed by atoms with Gasteiger partial charge >= 0.3 is 23.9 Å². The number of nitro groups is 2. The van der Waals surface area contributed by atoms with Crippen LogP contribution in [-0.2, 0) is 38.1 Å². The van der Waals surface area contributed by atoms with E-state index in [1.54, 1.807) is 53.7 Å². The number of hydrogen-bond acceptors (Lipinski definition) is 16. The number of nitro benzene ring substituents is 2. The average molecular weight is 811 g/mol. The molecular weight excluding hydrogens is 769 g/mol. The van der Waals surface area contributed by atoms with Crippen molar-refractivity contribution in [2.75, 3.05) is 37.9 Å². The summed E-state index contributed by atoms with van der Waals surface area (Å²) < 4.78 is 21.6. The van der Waals surface area contributed by atoms with Crippen molar-refractivity contribution in [2.24, 2.45) is 0 Å². The average Bonchev–Trinajstić information content (AvgIpc) is 3.16. The Bertz CT molecular complexity index is 1900. The van der Waals surface area contributed by atoms with Gasteiger partial charge in [0.25, 0.3) is 11.4 Å². The Labute approximate surface area is 330 Å². The summed E-state index contributed by atoms with van der Waals surface area (Å²) in [5.41, 5.74) is 2.00. The van der Waals surface area contributed by atoms with Crippen molar-refractivity contribution < 1.29 is 48.0 Å². The molecule has 0 aromatic heterocycles. The summed E-state index contributed by atoms with van der Waals surface area (Å²) in [5, 5.41) is 29.8. The number of rotatable bonds is 17. The second kappa shape index (κ2) is 19.8. The lowest BCUT2D eigenvalue weighted by atomic mass is 9.80. The summed E-state index contributed by atoms with van der Waals surface area (Å²) in [6.07, 6.45) is 0. The highest BCUT2D eigenvalue weighted by Gasteiger charge is 2.41. The highest BCUT2D eigenvalue weighted by atomic mass is 33.1. The number of hydrogen-bond donors (Lipinski definition) is 2. The maximum absolute atomic E-state index is 13.7. The van der Waals surface area contributed by atoms with Crippen LogP contribution in [0.5, 0.6) is 0 Å². The molecule has 2 unspecified atom stereocenters. The number of nitrogens with one attached hydrogen (secondary N) is 2. The molecule has 16 nitrogen and oxygen atoms in total. The Kier molecular flexibility index (Phi) is 15.3. The van der Waals surface area contributed by atoms with Crippen LogP contribution in [0.25, 0.3) is 0 Å². The number of esters is 4. The normalized spacial score (nSPS) is 16.8. The summed E-state index contributed by atoms with van der Waals surface area (Å²) in [6, 6.07) is 11.3. The van der Waals surface area contributed by atoms with E-state index in [2.05, 4.69) is 10.6 Å². The van der Waals surface area contributed by atoms with Gasteiger partial charge in [0.2, 0.25) is 0 Å². The third kappa shape index (κ3) is 9.78. The molecular formula is C38H42N4O12S2. The second-order valence-electron chi connectivity index (χ2n) is 12.1. The minimum atomic E-state index is -1.07. The van der Waals surface area contributed by atoms with Gasteiger partial charge in [0.15, 0.2) is 0 Å². The minimum absolute atomic E-state index is 0.0133. The number of benzene rings is 2. The summed E-state index contributed by atoms with van der Waals surface area (Å²) in [4.78, 5) is 76.5. The SMILES string of the molecule is CCOC(=O)C1=C(C)NC(CSSCC2=C(C(=O)OCC)C(c3cccc([N+](=O)[O-])c3)C(C(=O)OCC)=C(C)N2)=C(C(=O)OCC)C1c1cccc([N+](=O)[O-])c1. The number of carbonyl (C=O) groups is 4. The van der Waals surface area contributed by atoms with E-state index in [1.807, 2.05) is 0 Å². The molecule has 18 heteroatoms. The van der Waals surface area contributed by atoms with Gasteiger partial charge in [-0.2, -0.15) is 0 Å². The fourth-order valence-corrected chi connectivity index (χ4v) is 8.45. The van der Waals surface area contributed by atoms with Gasteiger partial charge < -0.3 is 29.6 Å². The summed E-state index contributed by atoms with van der Waals surface area (Å²) in [5.74, 6) is -4.76. The van der Waals surface area contributed by atoms with Crippen molar-refractivity contribution in [2.45, 2.75) is 53.4 Å². The van der Waals surface area contributed by atoms with Crippen molar-refractivity contribution in [3.8, 4) is 0 Å². The van der Waals surface area contributed by atoms with Gasteiger partial charge in [-0.25, -0.2) is 19.2 Å². The Morgan fingerprint density at radius 3 is 1.21 bits per heavy atom. The fourth-order valence-electron chi connectivity index (χ4n) is 6.38. The van der Waals surface area contributed by atoms with Gasteiger partial charge in [-0.1, -0.05) is 45.9 Å². The number of carbonyl (C=O) groups excluding carboxylic acids is 4. The predicted molar refractivity (Wildman–Crippen MR) is 209 cm³/mol. The van der Waals surface area contributed by atoms with E-state index in [0.717, 1.165) is 0 Å². The maximum Gasteiger partial charge on any atom is 0.336 e. The Morgan fingerprint density at radius 2 is 0.911 bits per heavy atom. The summed E-state index contributed by atoms with van der Waals surface area (Å²) in [6.45, 7) is 9.94. The zero-order valence-corrected chi connectivity index (χ0v) is 33.3. The van der Waals surface area contributed by atoms with Crippen LogP contribution < -0.4 is 10.6 Å². The summed E-state index contributed by atoms with van der Waals surface area (Å²) >= 11 is 0. The molecule has 0 saturated heterocycles. The molecule has 0 fully saturated rings. The Morgan fingerprint density at radius 1 is 0.589 bits per heavy atom. The maximum atomic E-state index is 13.7. The first-order valence-electron chi connectivity index (χ1n) is 17.6. The van der Waals surface area contributed by atoms with Gasteiger partial charge in [-0.05, 0) is 52.7 Å². The van der Waals surface area contributed by atoms with Crippen LogP contribution in [0.2, 0.25) is 0 Å². The molecule has 0 amide bonds. The van der Waals surface area contributed by atoms with Crippen LogP contribution in [-0.4, -0.2) is 71.7 Å². The van der Waals surface area contributed by atoms with Crippen molar-refractivity contribution in [3.05, 3.63) is 125 Å². The fraction of sp³-hybridized carbons (Fsp3) is 0.368. The highest BCUT2D eigenvalue weighted by molar-refractivity contribution is 8.76. The first-order valence-corrected chi connectivity index (χ1v) is 20.1. The number of non-ortho nitro benzene ring substituents is 2. The Hall–Kier alpha value is -5.62. The topological polar surface area (TPSA) is 216 Å². The van der Waals surface area contributed by atoms with Crippen LogP contribution >= 0.6 is 21.6 Å². The number of nitrogens with zero attached hydrogens (tertiary/aromatic N) is 2. The molecule has 4 rings (SSSR count). The Balaban J connectivity index is 1.77. The van der Waals surface area contributed by atoms with Gasteiger partial charge in [0.1, 0.15) is 0 Å². The lowest BCUT2D eigenvalue weighted by molar-refractivity contribution is -0.385. The number of allylic oxidation sites excluding steroid dienone is 2. The molecule has 2 aromatic rings. The second-order valence-corrected chi connectivity index (χ2v) is 14.6. The van der Waals surface area contributed by atoms with E-state index in [4.69, 9.17) is 18.9 Å². The molecule has 2 aliphatic rings. The molecule has 2 heterocycles.